The molecule has 0 saturated carbocycles. The van der Waals surface area contributed by atoms with Crippen molar-refractivity contribution in [1.29, 1.82) is 0 Å². The van der Waals surface area contributed by atoms with E-state index in [4.69, 9.17) is 0 Å². The van der Waals surface area contributed by atoms with Gasteiger partial charge < -0.3 is 0 Å². The van der Waals surface area contributed by atoms with Gasteiger partial charge in [-0.25, -0.2) is 0 Å². The SMILES string of the molecule is CCC[As](C)CCC. The normalized spacial score (nSPS) is 10.5. The predicted octanol–water partition coefficient (Wildman–Crippen LogP) is 2.93. The molecule has 0 unspecified atom stereocenters. The topological polar surface area (TPSA) is 0 Å². The Bertz CT molecular complexity index is 37.7. The summed E-state index contributed by atoms with van der Waals surface area (Å²) >= 11 is -0.260. The predicted molar refractivity (Wildman–Crippen MR) is 41.8 cm³/mol. The number of rotatable bonds is 4. The fourth-order valence-electron chi connectivity index (χ4n) is 0.875. The van der Waals surface area contributed by atoms with Gasteiger partial charge in [-0.1, -0.05) is 0 Å². The van der Waals surface area contributed by atoms with Crippen molar-refractivity contribution < 1.29 is 0 Å². The quantitative estimate of drug-likeness (QED) is 0.577. The van der Waals surface area contributed by atoms with Crippen molar-refractivity contribution in [2.75, 3.05) is 0 Å². The van der Waals surface area contributed by atoms with Crippen LogP contribution in [-0.2, 0) is 0 Å². The summed E-state index contributed by atoms with van der Waals surface area (Å²) in [6.45, 7) is 4.59. The molecule has 0 aromatic heterocycles. The first-order chi connectivity index (χ1) is 3.81. The summed E-state index contributed by atoms with van der Waals surface area (Å²) in [4.78, 5) is 0. The van der Waals surface area contributed by atoms with E-state index < -0.39 is 0 Å². The molecule has 0 aliphatic rings. The molecule has 0 aliphatic carbocycles. The van der Waals surface area contributed by atoms with E-state index in [-0.39, 0.29) is 14.7 Å². The van der Waals surface area contributed by atoms with Gasteiger partial charge in [-0.15, -0.1) is 0 Å². The van der Waals surface area contributed by atoms with Gasteiger partial charge in [0.05, 0.1) is 0 Å². The first-order valence-electron chi connectivity index (χ1n) is 3.49. The van der Waals surface area contributed by atoms with Crippen LogP contribution in [0.2, 0.25) is 16.1 Å². The minimum atomic E-state index is -0.260. The van der Waals surface area contributed by atoms with Gasteiger partial charge in [0.15, 0.2) is 0 Å². The van der Waals surface area contributed by atoms with E-state index in [1.807, 2.05) is 0 Å². The molecular weight excluding hydrogens is 159 g/mol. The Hall–Kier alpha value is 0.558. The molecular formula is C7H17As. The zero-order chi connectivity index (χ0) is 6.41. The van der Waals surface area contributed by atoms with Crippen LogP contribution in [-0.4, -0.2) is 14.7 Å². The molecule has 0 N–H and O–H groups in total. The van der Waals surface area contributed by atoms with E-state index in [9.17, 15) is 0 Å². The van der Waals surface area contributed by atoms with Crippen LogP contribution in [0.15, 0.2) is 0 Å². The van der Waals surface area contributed by atoms with Gasteiger partial charge in [0.2, 0.25) is 0 Å². The van der Waals surface area contributed by atoms with Gasteiger partial charge in [0.25, 0.3) is 0 Å². The van der Waals surface area contributed by atoms with Gasteiger partial charge in [0.1, 0.15) is 0 Å². The Morgan fingerprint density at radius 3 is 1.62 bits per heavy atom. The Morgan fingerprint density at radius 2 is 1.38 bits per heavy atom. The van der Waals surface area contributed by atoms with Gasteiger partial charge in [-0.2, -0.15) is 0 Å². The van der Waals surface area contributed by atoms with Crippen molar-refractivity contribution in [2.45, 2.75) is 42.8 Å². The minimum absolute atomic E-state index is 0.260. The fraction of sp³-hybridized carbons (Fsp3) is 1.00. The Kier molecular flexibility index (Phi) is 6.09. The second-order valence-corrected chi connectivity index (χ2v) is 7.77. The molecule has 1 heteroatoms. The van der Waals surface area contributed by atoms with Crippen molar-refractivity contribution in [1.82, 2.24) is 0 Å². The maximum absolute atomic E-state index is 2.49. The van der Waals surface area contributed by atoms with E-state index >= 15 is 0 Å². The van der Waals surface area contributed by atoms with E-state index in [0.717, 1.165) is 0 Å². The molecule has 0 heterocycles. The van der Waals surface area contributed by atoms with Crippen molar-refractivity contribution >= 4 is 14.7 Å². The first kappa shape index (κ1) is 8.56. The van der Waals surface area contributed by atoms with Gasteiger partial charge in [0, 0.05) is 0 Å². The third-order valence-electron chi connectivity index (χ3n) is 1.21. The van der Waals surface area contributed by atoms with Crippen molar-refractivity contribution in [3.05, 3.63) is 0 Å². The molecule has 0 aliphatic heterocycles. The molecule has 0 atom stereocenters. The van der Waals surface area contributed by atoms with Crippen LogP contribution in [0.1, 0.15) is 26.7 Å². The summed E-state index contributed by atoms with van der Waals surface area (Å²) in [7, 11) is 0. The molecule has 0 amide bonds. The zero-order valence-corrected chi connectivity index (χ0v) is 8.15. The van der Waals surface area contributed by atoms with Crippen LogP contribution in [0.5, 0.6) is 0 Å². The van der Waals surface area contributed by atoms with Crippen LogP contribution >= 0.6 is 0 Å². The van der Waals surface area contributed by atoms with E-state index in [1.54, 1.807) is 10.4 Å². The average Bonchev–Trinajstić information content (AvgIpc) is 1.68. The van der Waals surface area contributed by atoms with Gasteiger partial charge in [-0.05, 0) is 0 Å². The average molecular weight is 176 g/mol. The molecule has 0 rings (SSSR count). The van der Waals surface area contributed by atoms with Crippen molar-refractivity contribution in [2.24, 2.45) is 0 Å². The second-order valence-electron chi connectivity index (χ2n) is 2.30. The van der Waals surface area contributed by atoms with Crippen LogP contribution < -0.4 is 0 Å². The molecule has 0 saturated heterocycles. The van der Waals surface area contributed by atoms with E-state index in [0.29, 0.717) is 0 Å². The fourth-order valence-corrected chi connectivity index (χ4v) is 4.55. The summed E-state index contributed by atoms with van der Waals surface area (Å²) in [5.41, 5.74) is 2.49. The summed E-state index contributed by atoms with van der Waals surface area (Å²) in [5, 5.41) is 3.11. The molecule has 0 aromatic carbocycles. The number of hydrogen-bond acceptors (Lipinski definition) is 0. The van der Waals surface area contributed by atoms with Gasteiger partial charge in [-0.3, -0.25) is 0 Å². The first-order valence-corrected chi connectivity index (χ1v) is 8.02. The summed E-state index contributed by atoms with van der Waals surface area (Å²) in [6.07, 6.45) is 2.83. The Morgan fingerprint density at radius 1 is 1.00 bits per heavy atom. The van der Waals surface area contributed by atoms with E-state index in [1.165, 1.54) is 12.8 Å². The van der Waals surface area contributed by atoms with E-state index in [2.05, 4.69) is 19.6 Å². The molecule has 0 fully saturated rings. The summed E-state index contributed by atoms with van der Waals surface area (Å²) < 4.78 is 0. The maximum atomic E-state index is 2.49. The van der Waals surface area contributed by atoms with Crippen molar-refractivity contribution in [3.63, 3.8) is 0 Å². The summed E-state index contributed by atoms with van der Waals surface area (Å²) in [6, 6.07) is 0. The van der Waals surface area contributed by atoms with Crippen LogP contribution in [0.3, 0.4) is 0 Å². The molecule has 50 valence electrons. The van der Waals surface area contributed by atoms with Crippen LogP contribution in [0, 0.1) is 0 Å². The number of hydrogen-bond donors (Lipinski definition) is 0. The molecule has 0 spiro atoms. The van der Waals surface area contributed by atoms with Crippen LogP contribution in [0.4, 0.5) is 0 Å². The van der Waals surface area contributed by atoms with Crippen LogP contribution in [0.25, 0.3) is 0 Å². The zero-order valence-electron chi connectivity index (χ0n) is 6.28. The third kappa shape index (κ3) is 4.71. The third-order valence-corrected chi connectivity index (χ3v) is 6.29. The molecule has 0 nitrogen and oxygen atoms in total. The molecule has 0 aromatic rings. The summed E-state index contributed by atoms with van der Waals surface area (Å²) in [5.74, 6) is 0. The monoisotopic (exact) mass is 176 g/mol. The Balaban J connectivity index is 2.92. The molecule has 8 heavy (non-hydrogen) atoms. The molecule has 0 radical (unpaired) electrons. The molecule has 0 bridgehead atoms. The Labute approximate surface area is 57.9 Å². The standard InChI is InChI=1S/C7H17As/c1-4-6-8(3)7-5-2/h4-7H2,1-3H3. The van der Waals surface area contributed by atoms with Gasteiger partial charge >= 0.3 is 57.5 Å². The van der Waals surface area contributed by atoms with Crippen molar-refractivity contribution in [3.8, 4) is 0 Å². The second kappa shape index (κ2) is 5.69.